The van der Waals surface area contributed by atoms with E-state index in [0.717, 1.165) is 43.3 Å². The fraction of sp³-hybridized carbons (Fsp3) is 0.474. The summed E-state index contributed by atoms with van der Waals surface area (Å²) in [6, 6.07) is 7.91. The van der Waals surface area contributed by atoms with Crippen molar-refractivity contribution in [3.63, 3.8) is 0 Å². The summed E-state index contributed by atoms with van der Waals surface area (Å²) in [7, 11) is 0. The number of amides is 1. The van der Waals surface area contributed by atoms with Crippen LogP contribution in [-0.4, -0.2) is 41.9 Å². The van der Waals surface area contributed by atoms with Crippen LogP contribution in [0.1, 0.15) is 39.2 Å². The maximum atomic E-state index is 11.8. The van der Waals surface area contributed by atoms with Gasteiger partial charge in [-0.05, 0) is 57.4 Å². The Bertz CT molecular complexity index is 624. The number of hydrogen-bond donors (Lipinski definition) is 2. The quantitative estimate of drug-likeness (QED) is 0.818. The topological polar surface area (TPSA) is 78.9 Å². The van der Waals surface area contributed by atoms with Crippen molar-refractivity contribution in [1.82, 2.24) is 5.32 Å². The fourth-order valence-electron chi connectivity index (χ4n) is 2.72. The van der Waals surface area contributed by atoms with Gasteiger partial charge in [-0.1, -0.05) is 12.1 Å². The predicted octanol–water partition coefficient (Wildman–Crippen LogP) is 3.28. The lowest BCUT2D eigenvalue weighted by Crippen LogP contribution is -2.46. The van der Waals surface area contributed by atoms with Crippen LogP contribution >= 0.6 is 0 Å². The van der Waals surface area contributed by atoms with E-state index < -0.39 is 11.6 Å². The normalized spacial score (nSPS) is 16.0. The Balaban J connectivity index is 1.83. The van der Waals surface area contributed by atoms with Crippen LogP contribution in [0, 0.1) is 0 Å². The van der Waals surface area contributed by atoms with Crippen LogP contribution in [-0.2, 0) is 9.53 Å². The average Bonchev–Trinajstić information content (AvgIpc) is 2.52. The van der Waals surface area contributed by atoms with Gasteiger partial charge in [-0.3, -0.25) is 0 Å². The molecule has 2 N–H and O–H groups in total. The molecule has 0 unspecified atom stereocenters. The Morgan fingerprint density at radius 3 is 2.32 bits per heavy atom. The van der Waals surface area contributed by atoms with Crippen LogP contribution < -0.4 is 10.2 Å². The second kappa shape index (κ2) is 8.05. The standard InChI is InChI=1S/C19H26N2O4/c1-19(2,3)25-18(24)20-15-10-12-21(13-11-15)16-7-4-14(5-8-16)6-9-17(22)23/h4-9,15H,10-13H2,1-3H3,(H,20,24)(H,22,23). The van der Waals surface area contributed by atoms with Crippen molar-refractivity contribution in [3.8, 4) is 0 Å². The molecular weight excluding hydrogens is 320 g/mol. The van der Waals surface area contributed by atoms with Gasteiger partial charge in [0.2, 0.25) is 0 Å². The maximum Gasteiger partial charge on any atom is 0.407 e. The molecule has 1 heterocycles. The molecule has 1 aromatic carbocycles. The minimum Gasteiger partial charge on any atom is -0.478 e. The molecule has 1 fully saturated rings. The van der Waals surface area contributed by atoms with E-state index >= 15 is 0 Å². The first kappa shape index (κ1) is 18.8. The van der Waals surface area contributed by atoms with Crippen molar-refractivity contribution in [1.29, 1.82) is 0 Å². The van der Waals surface area contributed by atoms with Gasteiger partial charge in [-0.15, -0.1) is 0 Å². The van der Waals surface area contributed by atoms with Gasteiger partial charge < -0.3 is 20.1 Å². The Morgan fingerprint density at radius 1 is 1.20 bits per heavy atom. The van der Waals surface area contributed by atoms with E-state index in [9.17, 15) is 9.59 Å². The highest BCUT2D eigenvalue weighted by molar-refractivity contribution is 5.85. The van der Waals surface area contributed by atoms with Crippen molar-refractivity contribution in [2.45, 2.75) is 45.3 Å². The molecule has 136 valence electrons. The van der Waals surface area contributed by atoms with Gasteiger partial charge in [-0.25, -0.2) is 9.59 Å². The Labute approximate surface area is 148 Å². The smallest absolute Gasteiger partial charge is 0.407 e. The van der Waals surface area contributed by atoms with Crippen LogP contribution in [0.3, 0.4) is 0 Å². The first-order valence-electron chi connectivity index (χ1n) is 8.48. The molecule has 25 heavy (non-hydrogen) atoms. The molecule has 1 aromatic rings. The summed E-state index contributed by atoms with van der Waals surface area (Å²) in [6.45, 7) is 7.26. The van der Waals surface area contributed by atoms with E-state index in [-0.39, 0.29) is 12.1 Å². The first-order valence-corrected chi connectivity index (χ1v) is 8.48. The molecule has 2 rings (SSSR count). The van der Waals surface area contributed by atoms with Crippen LogP contribution in [0.4, 0.5) is 10.5 Å². The summed E-state index contributed by atoms with van der Waals surface area (Å²) in [6.07, 6.45) is 4.06. The van der Waals surface area contributed by atoms with E-state index in [1.54, 1.807) is 6.08 Å². The van der Waals surface area contributed by atoms with Crippen LogP contribution in [0.2, 0.25) is 0 Å². The highest BCUT2D eigenvalue weighted by Crippen LogP contribution is 2.21. The maximum absolute atomic E-state index is 11.8. The van der Waals surface area contributed by atoms with E-state index in [4.69, 9.17) is 9.84 Å². The number of carbonyl (C=O) groups is 2. The van der Waals surface area contributed by atoms with Crippen LogP contribution in [0.5, 0.6) is 0 Å². The minimum atomic E-state index is -0.955. The highest BCUT2D eigenvalue weighted by Gasteiger charge is 2.23. The third-order valence-electron chi connectivity index (χ3n) is 3.89. The van der Waals surface area contributed by atoms with Crippen molar-refractivity contribution in [3.05, 3.63) is 35.9 Å². The van der Waals surface area contributed by atoms with E-state index in [1.165, 1.54) is 0 Å². The van der Waals surface area contributed by atoms with Crippen LogP contribution in [0.15, 0.2) is 30.3 Å². The van der Waals surface area contributed by atoms with Gasteiger partial charge in [0.1, 0.15) is 5.60 Å². The highest BCUT2D eigenvalue weighted by atomic mass is 16.6. The van der Waals surface area contributed by atoms with Gasteiger partial charge in [0.05, 0.1) is 0 Å². The van der Waals surface area contributed by atoms with Gasteiger partial charge in [-0.2, -0.15) is 0 Å². The van der Waals surface area contributed by atoms with E-state index in [0.29, 0.717) is 0 Å². The number of piperidine rings is 1. The summed E-state index contributed by atoms with van der Waals surface area (Å²) >= 11 is 0. The van der Waals surface area contributed by atoms with Gasteiger partial charge in [0.15, 0.2) is 0 Å². The fourth-order valence-corrected chi connectivity index (χ4v) is 2.72. The van der Waals surface area contributed by atoms with Gasteiger partial charge in [0.25, 0.3) is 0 Å². The van der Waals surface area contributed by atoms with Crippen LogP contribution in [0.25, 0.3) is 6.08 Å². The van der Waals surface area contributed by atoms with E-state index in [2.05, 4.69) is 10.2 Å². The zero-order valence-electron chi connectivity index (χ0n) is 15.0. The Morgan fingerprint density at radius 2 is 1.80 bits per heavy atom. The molecule has 1 aliphatic rings. The summed E-state index contributed by atoms with van der Waals surface area (Å²) < 4.78 is 5.29. The molecule has 0 atom stereocenters. The Hall–Kier alpha value is -2.50. The molecule has 1 amide bonds. The number of carbonyl (C=O) groups excluding carboxylic acids is 1. The monoisotopic (exact) mass is 346 g/mol. The lowest BCUT2D eigenvalue weighted by molar-refractivity contribution is -0.131. The molecule has 6 nitrogen and oxygen atoms in total. The number of nitrogens with zero attached hydrogens (tertiary/aromatic N) is 1. The molecule has 6 heteroatoms. The number of anilines is 1. The Kier molecular flexibility index (Phi) is 6.07. The molecule has 0 radical (unpaired) electrons. The van der Waals surface area contributed by atoms with E-state index in [1.807, 2.05) is 45.0 Å². The second-order valence-electron chi connectivity index (χ2n) is 7.17. The minimum absolute atomic E-state index is 0.129. The number of ether oxygens (including phenoxy) is 1. The molecule has 0 saturated carbocycles. The summed E-state index contributed by atoms with van der Waals surface area (Å²) in [5.74, 6) is -0.955. The molecule has 0 spiro atoms. The lowest BCUT2D eigenvalue weighted by Gasteiger charge is -2.34. The molecule has 0 aromatic heterocycles. The van der Waals surface area contributed by atoms with Crippen molar-refractivity contribution in [2.24, 2.45) is 0 Å². The number of benzene rings is 1. The zero-order chi connectivity index (χ0) is 18.4. The second-order valence-corrected chi connectivity index (χ2v) is 7.17. The number of carboxylic acids is 1. The van der Waals surface area contributed by atoms with Crippen molar-refractivity contribution < 1.29 is 19.4 Å². The number of rotatable bonds is 4. The van der Waals surface area contributed by atoms with Gasteiger partial charge in [0, 0.05) is 30.9 Å². The summed E-state index contributed by atoms with van der Waals surface area (Å²) in [4.78, 5) is 24.6. The molecule has 1 saturated heterocycles. The number of alkyl carbamates (subject to hydrolysis) is 1. The van der Waals surface area contributed by atoms with Gasteiger partial charge >= 0.3 is 12.1 Å². The van der Waals surface area contributed by atoms with Crippen molar-refractivity contribution >= 4 is 23.8 Å². The molecule has 0 aliphatic carbocycles. The molecule has 0 bridgehead atoms. The molecule has 1 aliphatic heterocycles. The third kappa shape index (κ3) is 6.49. The molecular formula is C19H26N2O4. The SMILES string of the molecule is CC(C)(C)OC(=O)NC1CCN(c2ccc(C=CC(=O)O)cc2)CC1. The predicted molar refractivity (Wildman–Crippen MR) is 97.7 cm³/mol. The third-order valence-corrected chi connectivity index (χ3v) is 3.89. The number of nitrogens with one attached hydrogen (secondary N) is 1. The summed E-state index contributed by atoms with van der Waals surface area (Å²) in [5.41, 5.74) is 1.47. The lowest BCUT2D eigenvalue weighted by atomic mass is 10.0. The van der Waals surface area contributed by atoms with Crippen molar-refractivity contribution in [2.75, 3.05) is 18.0 Å². The number of aliphatic carboxylic acids is 1. The zero-order valence-corrected chi connectivity index (χ0v) is 15.0. The number of hydrogen-bond acceptors (Lipinski definition) is 4. The average molecular weight is 346 g/mol. The first-order chi connectivity index (χ1) is 11.7. The number of carboxylic acid groups (broad SMARTS) is 1. The summed E-state index contributed by atoms with van der Waals surface area (Å²) in [5, 5.41) is 11.6. The largest absolute Gasteiger partial charge is 0.478 e.